The van der Waals surface area contributed by atoms with Crippen LogP contribution in [0.15, 0.2) is 27.8 Å². The van der Waals surface area contributed by atoms with Gasteiger partial charge in [0.1, 0.15) is 5.71 Å². The van der Waals surface area contributed by atoms with Gasteiger partial charge in [0, 0.05) is 23.0 Å². The van der Waals surface area contributed by atoms with Crippen molar-refractivity contribution in [2.45, 2.75) is 32.2 Å². The first-order valence-corrected chi connectivity index (χ1v) is 10.5. The second-order valence-corrected chi connectivity index (χ2v) is 9.34. The van der Waals surface area contributed by atoms with E-state index in [1.54, 1.807) is 6.07 Å². The third-order valence-corrected chi connectivity index (χ3v) is 6.93. The molecule has 134 valence electrons. The third-order valence-electron chi connectivity index (χ3n) is 4.29. The summed E-state index contributed by atoms with van der Waals surface area (Å²) in [5, 5.41) is 8.13. The van der Waals surface area contributed by atoms with Crippen LogP contribution in [-0.4, -0.2) is 48.5 Å². The highest BCUT2D eigenvalue weighted by Crippen LogP contribution is 2.23. The summed E-state index contributed by atoms with van der Waals surface area (Å²) in [7, 11) is -3.13. The molecule has 1 N–H and O–H groups in total. The van der Waals surface area contributed by atoms with Gasteiger partial charge in [-0.3, -0.25) is 9.59 Å². The largest absolute Gasteiger partial charge is 0.321 e. The van der Waals surface area contributed by atoms with E-state index < -0.39 is 15.9 Å². The highest BCUT2D eigenvalue weighted by molar-refractivity contribution is 9.10. The van der Waals surface area contributed by atoms with E-state index in [4.69, 9.17) is 0 Å². The summed E-state index contributed by atoms with van der Waals surface area (Å²) >= 11 is 3.40. The molecular weight excluding hydrogens is 410 g/mol. The van der Waals surface area contributed by atoms with Gasteiger partial charge in [-0.05, 0) is 37.1 Å². The van der Waals surface area contributed by atoms with E-state index >= 15 is 0 Å². The molecule has 2 aliphatic rings. The van der Waals surface area contributed by atoms with E-state index in [1.165, 1.54) is 5.01 Å². The van der Waals surface area contributed by atoms with Crippen molar-refractivity contribution in [1.82, 2.24) is 5.01 Å². The number of hydrazone groups is 1. The third kappa shape index (κ3) is 4.09. The Morgan fingerprint density at radius 1 is 1.36 bits per heavy atom. The Hall–Kier alpha value is -1.74. The molecule has 0 saturated carbocycles. The quantitative estimate of drug-likeness (QED) is 0.795. The molecule has 1 aromatic rings. The van der Waals surface area contributed by atoms with Crippen LogP contribution >= 0.6 is 15.9 Å². The average Bonchev–Trinajstić information content (AvgIpc) is 2.91. The fourth-order valence-electron chi connectivity index (χ4n) is 2.91. The maximum Gasteiger partial charge on any atom is 0.271 e. The van der Waals surface area contributed by atoms with E-state index in [-0.39, 0.29) is 41.9 Å². The first-order valence-electron chi connectivity index (χ1n) is 7.92. The summed E-state index contributed by atoms with van der Waals surface area (Å²) in [4.78, 5) is 24.5. The number of nitrogens with zero attached hydrogens (tertiary/aromatic N) is 2. The first kappa shape index (κ1) is 18.1. The van der Waals surface area contributed by atoms with Gasteiger partial charge >= 0.3 is 0 Å². The molecule has 9 heteroatoms. The Bertz CT molecular complexity index is 866. The van der Waals surface area contributed by atoms with Crippen molar-refractivity contribution < 1.29 is 18.0 Å². The molecule has 7 nitrogen and oxygen atoms in total. The molecule has 0 unspecified atom stereocenters. The number of amides is 2. The average molecular weight is 428 g/mol. The van der Waals surface area contributed by atoms with Gasteiger partial charge in [-0.2, -0.15) is 5.10 Å². The van der Waals surface area contributed by atoms with Gasteiger partial charge in [-0.25, -0.2) is 13.4 Å². The zero-order valence-corrected chi connectivity index (χ0v) is 16.1. The van der Waals surface area contributed by atoms with Crippen LogP contribution in [0.5, 0.6) is 0 Å². The topological polar surface area (TPSA) is 95.9 Å². The predicted octanol–water partition coefficient (Wildman–Crippen LogP) is 1.86. The summed E-state index contributed by atoms with van der Waals surface area (Å²) in [5.41, 5.74) is 1.86. The summed E-state index contributed by atoms with van der Waals surface area (Å²) in [6, 6.07) is 4.96. The lowest BCUT2D eigenvalue weighted by molar-refractivity contribution is -0.133. The summed E-state index contributed by atoms with van der Waals surface area (Å²) in [6.07, 6.45) is 0.761. The van der Waals surface area contributed by atoms with Crippen LogP contribution in [-0.2, 0) is 19.4 Å². The van der Waals surface area contributed by atoms with Gasteiger partial charge in [0.2, 0.25) is 5.91 Å². The molecule has 25 heavy (non-hydrogen) atoms. The molecule has 0 aliphatic carbocycles. The molecule has 0 radical (unpaired) electrons. The number of rotatable bonds is 3. The zero-order chi connectivity index (χ0) is 18.2. The van der Waals surface area contributed by atoms with Crippen LogP contribution in [0.2, 0.25) is 0 Å². The van der Waals surface area contributed by atoms with Gasteiger partial charge < -0.3 is 5.32 Å². The molecule has 1 fully saturated rings. The molecule has 1 aromatic carbocycles. The lowest BCUT2D eigenvalue weighted by Crippen LogP contribution is -2.42. The minimum absolute atomic E-state index is 0.0522. The number of hydrogen-bond donors (Lipinski definition) is 1. The summed E-state index contributed by atoms with van der Waals surface area (Å²) in [5.74, 6) is -0.655. The van der Waals surface area contributed by atoms with Crippen molar-refractivity contribution in [3.63, 3.8) is 0 Å². The fraction of sp³-hybridized carbons (Fsp3) is 0.438. The van der Waals surface area contributed by atoms with Crippen molar-refractivity contribution in [1.29, 1.82) is 0 Å². The monoisotopic (exact) mass is 427 g/mol. The number of aryl methyl sites for hydroxylation is 1. The summed E-state index contributed by atoms with van der Waals surface area (Å²) < 4.78 is 24.2. The Morgan fingerprint density at radius 3 is 2.76 bits per heavy atom. The number of hydrogen-bond acceptors (Lipinski definition) is 5. The van der Waals surface area contributed by atoms with Gasteiger partial charge in [-0.15, -0.1) is 0 Å². The highest BCUT2D eigenvalue weighted by Gasteiger charge is 2.37. The molecule has 2 aliphatic heterocycles. The molecule has 2 heterocycles. The minimum Gasteiger partial charge on any atom is -0.321 e. The minimum atomic E-state index is -3.13. The molecule has 3 rings (SSSR count). The number of carbonyl (C=O) groups excluding carboxylic acids is 2. The van der Waals surface area contributed by atoms with E-state index in [9.17, 15) is 18.0 Å². The number of benzene rings is 1. The smallest absolute Gasteiger partial charge is 0.271 e. The molecule has 1 atom stereocenters. The molecule has 1 saturated heterocycles. The molecule has 2 amide bonds. The Labute approximate surface area is 154 Å². The Balaban J connectivity index is 1.76. The van der Waals surface area contributed by atoms with Gasteiger partial charge in [-0.1, -0.05) is 15.9 Å². The van der Waals surface area contributed by atoms with Crippen LogP contribution in [0.1, 0.15) is 24.8 Å². The van der Waals surface area contributed by atoms with Crippen molar-refractivity contribution in [2.75, 3.05) is 16.8 Å². The lowest BCUT2D eigenvalue weighted by Gasteiger charge is -2.27. The maximum atomic E-state index is 12.4. The molecule has 0 aromatic heterocycles. The van der Waals surface area contributed by atoms with Crippen LogP contribution in [0.3, 0.4) is 0 Å². The highest BCUT2D eigenvalue weighted by atomic mass is 79.9. The van der Waals surface area contributed by atoms with Crippen molar-refractivity contribution in [2.24, 2.45) is 5.10 Å². The molecular formula is C16H18BrN3O4S. The summed E-state index contributed by atoms with van der Waals surface area (Å²) in [6.45, 7) is 1.92. The second-order valence-electron chi connectivity index (χ2n) is 6.26. The van der Waals surface area contributed by atoms with Crippen LogP contribution in [0.4, 0.5) is 5.69 Å². The number of sulfone groups is 1. The Morgan fingerprint density at radius 2 is 2.12 bits per heavy atom. The zero-order valence-electron chi connectivity index (χ0n) is 13.7. The Kier molecular flexibility index (Phi) is 4.97. The number of halogens is 1. The van der Waals surface area contributed by atoms with Gasteiger partial charge in [0.25, 0.3) is 5.91 Å². The number of anilines is 1. The fourth-order valence-corrected chi connectivity index (χ4v) is 4.85. The van der Waals surface area contributed by atoms with E-state index in [2.05, 4.69) is 26.3 Å². The van der Waals surface area contributed by atoms with Crippen molar-refractivity contribution in [3.8, 4) is 0 Å². The predicted molar refractivity (Wildman–Crippen MR) is 98.1 cm³/mol. The van der Waals surface area contributed by atoms with Crippen molar-refractivity contribution in [3.05, 3.63) is 28.2 Å². The van der Waals surface area contributed by atoms with E-state index in [0.717, 1.165) is 10.0 Å². The molecule has 0 spiro atoms. The first-order chi connectivity index (χ1) is 11.7. The van der Waals surface area contributed by atoms with Crippen LogP contribution in [0.25, 0.3) is 0 Å². The van der Waals surface area contributed by atoms with E-state index in [0.29, 0.717) is 12.1 Å². The lowest BCUT2D eigenvalue weighted by atomic mass is 10.1. The van der Waals surface area contributed by atoms with Crippen LogP contribution in [0, 0.1) is 6.92 Å². The number of nitrogens with one attached hydrogen (secondary N) is 1. The van der Waals surface area contributed by atoms with Gasteiger partial charge in [0.15, 0.2) is 9.84 Å². The maximum absolute atomic E-state index is 12.4. The van der Waals surface area contributed by atoms with E-state index in [1.807, 2.05) is 19.1 Å². The molecule has 0 bridgehead atoms. The standard InChI is InChI=1S/C16H18BrN3O4S/c1-10-8-11(2-3-13(10)17)18-16(22)14-4-5-15(21)20(19-14)12-6-7-25(23,24)9-12/h2-3,8,12H,4-7,9H2,1H3,(H,18,22)/t12-/m1/s1. The van der Waals surface area contributed by atoms with Crippen molar-refractivity contribution >= 4 is 49.0 Å². The van der Waals surface area contributed by atoms with Crippen LogP contribution < -0.4 is 5.32 Å². The second kappa shape index (κ2) is 6.87. The number of carbonyl (C=O) groups is 2. The van der Waals surface area contributed by atoms with Gasteiger partial charge in [0.05, 0.1) is 17.5 Å². The SMILES string of the molecule is Cc1cc(NC(=O)C2=NN([C@@H]3CCS(=O)(=O)C3)C(=O)CC2)ccc1Br. The normalized spacial score (nSPS) is 22.6.